The predicted octanol–water partition coefficient (Wildman–Crippen LogP) is 2.75. The van der Waals surface area contributed by atoms with Gasteiger partial charge in [-0.25, -0.2) is 4.79 Å². The molecule has 0 fully saturated rings. The summed E-state index contributed by atoms with van der Waals surface area (Å²) in [6, 6.07) is 10.5. The summed E-state index contributed by atoms with van der Waals surface area (Å²) in [5, 5.41) is 9.22. The Hall–Kier alpha value is -2.47. The highest BCUT2D eigenvalue weighted by Gasteiger charge is 2.14. The molecule has 0 aromatic carbocycles. The summed E-state index contributed by atoms with van der Waals surface area (Å²) < 4.78 is 2.23. The maximum atomic E-state index is 12.2. The first-order valence-electron chi connectivity index (χ1n) is 6.53. The van der Waals surface area contributed by atoms with Crippen molar-refractivity contribution >= 4 is 27.4 Å². The Labute approximate surface area is 134 Å². The summed E-state index contributed by atoms with van der Waals surface area (Å²) in [6.07, 6.45) is 3.70. The summed E-state index contributed by atoms with van der Waals surface area (Å²) in [5.41, 5.74) is 1.45. The molecule has 0 amide bonds. The average molecular weight is 359 g/mol. The largest absolute Gasteiger partial charge is 0.477 e. The van der Waals surface area contributed by atoms with Crippen molar-refractivity contribution in [2.24, 2.45) is 0 Å². The van der Waals surface area contributed by atoms with E-state index in [-0.39, 0.29) is 5.56 Å². The first kappa shape index (κ1) is 14.5. The van der Waals surface area contributed by atoms with Crippen molar-refractivity contribution in [2.75, 3.05) is 0 Å². The monoisotopic (exact) mass is 358 g/mol. The number of nitrogens with zero attached hydrogens (tertiary/aromatic N) is 2. The zero-order valence-corrected chi connectivity index (χ0v) is 12.9. The van der Waals surface area contributed by atoms with Crippen LogP contribution in [0.25, 0.3) is 5.52 Å². The van der Waals surface area contributed by atoms with Crippen molar-refractivity contribution in [3.05, 3.63) is 80.4 Å². The topological polar surface area (TPSA) is 71.7 Å². The number of fused-ring (bicyclic) bond motifs is 1. The third-order valence-electron chi connectivity index (χ3n) is 3.35. The zero-order valence-electron chi connectivity index (χ0n) is 11.4. The molecule has 3 aromatic heterocycles. The number of pyridine rings is 3. The number of carboxylic acid groups (broad SMARTS) is 1. The van der Waals surface area contributed by atoms with Gasteiger partial charge < -0.3 is 5.11 Å². The van der Waals surface area contributed by atoms with Crippen LogP contribution in [0.15, 0.2) is 58.1 Å². The lowest BCUT2D eigenvalue weighted by Crippen LogP contribution is -2.23. The van der Waals surface area contributed by atoms with E-state index in [2.05, 4.69) is 20.9 Å². The van der Waals surface area contributed by atoms with E-state index in [1.807, 2.05) is 18.2 Å². The van der Waals surface area contributed by atoms with Crippen LogP contribution >= 0.6 is 15.9 Å². The molecule has 0 bridgehead atoms. The molecular weight excluding hydrogens is 348 g/mol. The standard InChI is InChI=1S/C16H11BrN2O3/c17-11-4-5-12(18-9-11)7-10-8-13(16(21)22)15(20)19-6-2-1-3-14(10)19/h1-6,8-9H,7H2,(H,21,22). The van der Waals surface area contributed by atoms with E-state index in [0.29, 0.717) is 11.9 Å². The highest BCUT2D eigenvalue weighted by atomic mass is 79.9. The fourth-order valence-electron chi connectivity index (χ4n) is 2.32. The van der Waals surface area contributed by atoms with Crippen LogP contribution in [0.5, 0.6) is 0 Å². The lowest BCUT2D eigenvalue weighted by molar-refractivity contribution is 0.0694. The second-order valence-corrected chi connectivity index (χ2v) is 5.71. The minimum atomic E-state index is -1.23. The van der Waals surface area contributed by atoms with Gasteiger partial charge in [-0.1, -0.05) is 6.07 Å². The molecule has 0 unspecified atom stereocenters. The molecule has 0 aliphatic heterocycles. The van der Waals surface area contributed by atoms with Crippen LogP contribution in [-0.4, -0.2) is 20.5 Å². The van der Waals surface area contributed by atoms with Gasteiger partial charge in [-0.15, -0.1) is 0 Å². The number of aromatic carboxylic acids is 1. The van der Waals surface area contributed by atoms with Gasteiger partial charge in [0.05, 0.1) is 5.52 Å². The zero-order chi connectivity index (χ0) is 15.7. The summed E-state index contributed by atoms with van der Waals surface area (Å²) in [5.74, 6) is -1.23. The Balaban J connectivity index is 2.19. The highest BCUT2D eigenvalue weighted by Crippen LogP contribution is 2.16. The van der Waals surface area contributed by atoms with Crippen LogP contribution < -0.4 is 5.56 Å². The molecule has 3 aromatic rings. The molecule has 110 valence electrons. The van der Waals surface area contributed by atoms with Gasteiger partial charge >= 0.3 is 5.97 Å². The Morgan fingerprint density at radius 1 is 1.27 bits per heavy atom. The first-order chi connectivity index (χ1) is 10.6. The van der Waals surface area contributed by atoms with E-state index in [4.69, 9.17) is 0 Å². The minimum Gasteiger partial charge on any atom is -0.477 e. The van der Waals surface area contributed by atoms with Gasteiger partial charge in [0.15, 0.2) is 0 Å². The quantitative estimate of drug-likeness (QED) is 0.781. The van der Waals surface area contributed by atoms with Crippen LogP contribution in [-0.2, 0) is 6.42 Å². The Kier molecular flexibility index (Phi) is 3.77. The maximum Gasteiger partial charge on any atom is 0.341 e. The van der Waals surface area contributed by atoms with Crippen molar-refractivity contribution in [1.82, 2.24) is 9.38 Å². The van der Waals surface area contributed by atoms with E-state index >= 15 is 0 Å². The van der Waals surface area contributed by atoms with E-state index in [0.717, 1.165) is 15.7 Å². The molecule has 0 aliphatic rings. The van der Waals surface area contributed by atoms with Gasteiger partial charge in [0.2, 0.25) is 0 Å². The Morgan fingerprint density at radius 3 is 2.77 bits per heavy atom. The van der Waals surface area contributed by atoms with Gasteiger partial charge in [-0.05, 0) is 51.8 Å². The molecule has 22 heavy (non-hydrogen) atoms. The number of hydrogen-bond donors (Lipinski definition) is 1. The number of hydrogen-bond acceptors (Lipinski definition) is 3. The fraction of sp³-hybridized carbons (Fsp3) is 0.0625. The summed E-state index contributed by atoms with van der Waals surface area (Å²) in [7, 11) is 0. The second kappa shape index (κ2) is 5.73. The molecule has 0 aliphatic carbocycles. The molecule has 3 heterocycles. The fourth-order valence-corrected chi connectivity index (χ4v) is 2.56. The van der Waals surface area contributed by atoms with Crippen LogP contribution in [0, 0.1) is 0 Å². The molecule has 6 heteroatoms. The molecule has 0 saturated heterocycles. The molecule has 1 N–H and O–H groups in total. The number of halogens is 1. The van der Waals surface area contributed by atoms with Gasteiger partial charge in [0.1, 0.15) is 5.56 Å². The molecule has 3 rings (SSSR count). The van der Waals surface area contributed by atoms with Crippen LogP contribution in [0.3, 0.4) is 0 Å². The van der Waals surface area contributed by atoms with Gasteiger partial charge in [0, 0.05) is 29.0 Å². The van der Waals surface area contributed by atoms with E-state index in [1.165, 1.54) is 10.5 Å². The first-order valence-corrected chi connectivity index (χ1v) is 7.32. The van der Waals surface area contributed by atoms with Crippen LogP contribution in [0.2, 0.25) is 0 Å². The smallest absolute Gasteiger partial charge is 0.341 e. The third kappa shape index (κ3) is 2.65. The lowest BCUT2D eigenvalue weighted by Gasteiger charge is -2.09. The van der Waals surface area contributed by atoms with E-state index < -0.39 is 11.5 Å². The Morgan fingerprint density at radius 2 is 2.09 bits per heavy atom. The summed E-state index contributed by atoms with van der Waals surface area (Å²) in [6.45, 7) is 0. The maximum absolute atomic E-state index is 12.2. The highest BCUT2D eigenvalue weighted by molar-refractivity contribution is 9.10. The molecular formula is C16H11BrN2O3. The number of rotatable bonds is 3. The van der Waals surface area contributed by atoms with Crippen molar-refractivity contribution < 1.29 is 9.90 Å². The molecule has 0 radical (unpaired) electrons. The minimum absolute atomic E-state index is 0.240. The van der Waals surface area contributed by atoms with Crippen molar-refractivity contribution in [1.29, 1.82) is 0 Å². The molecule has 0 saturated carbocycles. The lowest BCUT2D eigenvalue weighted by atomic mass is 10.1. The summed E-state index contributed by atoms with van der Waals surface area (Å²) >= 11 is 3.33. The predicted molar refractivity (Wildman–Crippen MR) is 85.4 cm³/mol. The second-order valence-electron chi connectivity index (χ2n) is 4.79. The molecule has 0 spiro atoms. The Bertz CT molecular complexity index is 917. The molecule has 5 nitrogen and oxygen atoms in total. The number of carbonyl (C=O) groups is 1. The summed E-state index contributed by atoms with van der Waals surface area (Å²) in [4.78, 5) is 27.8. The third-order valence-corrected chi connectivity index (χ3v) is 3.82. The normalized spacial score (nSPS) is 10.8. The van der Waals surface area contributed by atoms with E-state index in [1.54, 1.807) is 24.5 Å². The van der Waals surface area contributed by atoms with Crippen LogP contribution in [0.4, 0.5) is 0 Å². The van der Waals surface area contributed by atoms with Crippen molar-refractivity contribution in [3.8, 4) is 0 Å². The van der Waals surface area contributed by atoms with E-state index in [9.17, 15) is 14.7 Å². The van der Waals surface area contributed by atoms with Crippen molar-refractivity contribution in [3.63, 3.8) is 0 Å². The number of aromatic nitrogens is 2. The average Bonchev–Trinajstić information content (AvgIpc) is 2.52. The number of carboxylic acids is 1. The molecule has 0 atom stereocenters. The van der Waals surface area contributed by atoms with Gasteiger partial charge in [-0.3, -0.25) is 14.2 Å². The van der Waals surface area contributed by atoms with Gasteiger partial charge in [0.25, 0.3) is 5.56 Å². The van der Waals surface area contributed by atoms with Crippen LogP contribution in [0.1, 0.15) is 21.6 Å². The van der Waals surface area contributed by atoms with Gasteiger partial charge in [-0.2, -0.15) is 0 Å². The SMILES string of the molecule is O=C(O)c1cc(Cc2ccc(Br)cn2)c2ccccn2c1=O. The van der Waals surface area contributed by atoms with Crippen molar-refractivity contribution in [2.45, 2.75) is 6.42 Å².